The largest absolute Gasteiger partial charge is 0.416 e. The highest BCUT2D eigenvalue weighted by molar-refractivity contribution is 6.30. The third-order valence-corrected chi connectivity index (χ3v) is 23.6. The Balaban J connectivity index is -0.000000402. The van der Waals surface area contributed by atoms with Crippen LogP contribution in [0.2, 0.25) is 5.02 Å². The standard InChI is InChI=1S/C10H11F3.C9H11Cl.C9H10F2.C9H11NO2.2C9H18.C9H12.2C8H16.C8H18.2C7H16.C6H14.C4H10/c1-7(2)8-3-5-9(6-4-8)10(11,12)13;1-7(2)8-4-3-5-9(10)6-8;1-6(2)7-3-8(10)5-9(11)4-7;1-7(2)8-3-5-9(6-4-8)10(11)12;1-7(2)9(3,4)8-5-6-8;2*1-8(2)9-6-4-3-5-7-9;1-7(2)6-8(3)4-5-8;1-6(2)7(3)8-4-5-8;1-7(2)6-8(3,4)5;1-6(2)7(3,4)5;1-6(2)5-7(3)4;1-5(2)6(3)4;1-4(2)3/h3-7H,1-2H3;3-7H,1-2H3;3-6H,1-2H3;3-7H,1-2H3;7-8H,5-6H2,1-4H3;8-9H,3-7H2,1-2H3;3-8H,1-2H3;7H,4-6H2,1-3H3;6-8H,4-5H2,1-3H3;7H,6H2,1-5H3;6H,1-5H3;6-7H,5H2,1-4H3;5-6H,1-4H3;4H,1-3H3. The van der Waals surface area contributed by atoms with Crippen LogP contribution in [0.5, 0.6) is 0 Å². The van der Waals surface area contributed by atoms with Crippen LogP contribution in [0.4, 0.5) is 27.6 Å². The molecule has 4 aliphatic rings. The lowest BCUT2D eigenvalue weighted by Gasteiger charge is -2.28. The highest BCUT2D eigenvalue weighted by Crippen LogP contribution is 2.50. The molecular weight excluding hydrogens is 1520 g/mol. The summed E-state index contributed by atoms with van der Waals surface area (Å²) in [5.74, 6) is 14.8. The number of benzene rings is 5. The van der Waals surface area contributed by atoms with Crippen LogP contribution in [-0.4, -0.2) is 4.92 Å². The van der Waals surface area contributed by atoms with E-state index in [1.54, 1.807) is 12.1 Å². The Hall–Kier alpha value is -4.56. The van der Waals surface area contributed by atoms with Crippen LogP contribution in [0.1, 0.15) is 451 Å². The first-order valence-electron chi connectivity index (χ1n) is 47.8. The smallest absolute Gasteiger partial charge is 0.258 e. The molecular formula is C112H197ClF5NO2. The summed E-state index contributed by atoms with van der Waals surface area (Å²) in [6.07, 6.45) is 16.3. The number of rotatable bonds is 17. The summed E-state index contributed by atoms with van der Waals surface area (Å²) in [7, 11) is 0. The van der Waals surface area contributed by atoms with Gasteiger partial charge in [0.05, 0.1) is 10.5 Å². The van der Waals surface area contributed by atoms with E-state index in [0.717, 1.165) is 129 Å². The van der Waals surface area contributed by atoms with Gasteiger partial charge in [-0.15, -0.1) is 0 Å². The van der Waals surface area contributed by atoms with Crippen LogP contribution in [0, 0.1) is 132 Å². The van der Waals surface area contributed by atoms with E-state index in [-0.39, 0.29) is 22.4 Å². The number of hydrogen-bond donors (Lipinski definition) is 0. The number of nitro groups is 1. The number of alkyl halides is 3. The van der Waals surface area contributed by atoms with Gasteiger partial charge >= 0.3 is 6.18 Å². The quantitative estimate of drug-likeness (QED) is 0.0529. The predicted molar refractivity (Wildman–Crippen MR) is 533 cm³/mol. The average molecular weight is 1720 g/mol. The third-order valence-electron chi connectivity index (χ3n) is 23.4. The van der Waals surface area contributed by atoms with E-state index in [0.29, 0.717) is 39.6 Å². The number of halogens is 6. The fourth-order valence-electron chi connectivity index (χ4n) is 12.5. The van der Waals surface area contributed by atoms with Crippen molar-refractivity contribution in [1.29, 1.82) is 0 Å². The van der Waals surface area contributed by atoms with E-state index < -0.39 is 23.4 Å². The van der Waals surface area contributed by atoms with E-state index in [9.17, 15) is 32.1 Å². The van der Waals surface area contributed by atoms with Crippen molar-refractivity contribution in [3.8, 4) is 0 Å². The van der Waals surface area contributed by atoms with E-state index in [1.165, 1.54) is 137 Å². The maximum atomic E-state index is 12.5. The molecule has 121 heavy (non-hydrogen) atoms. The Morgan fingerprint density at radius 2 is 0.793 bits per heavy atom. The molecule has 0 saturated heterocycles. The molecule has 0 N–H and O–H groups in total. The van der Waals surface area contributed by atoms with E-state index in [4.69, 9.17) is 11.6 Å². The molecule has 4 aliphatic carbocycles. The monoisotopic (exact) mass is 1720 g/mol. The van der Waals surface area contributed by atoms with Gasteiger partial charge in [0.2, 0.25) is 0 Å². The zero-order valence-electron chi connectivity index (χ0n) is 87.0. The van der Waals surface area contributed by atoms with Crippen LogP contribution in [0.25, 0.3) is 0 Å². The summed E-state index contributed by atoms with van der Waals surface area (Å²) < 4.78 is 61.5. The Labute approximate surface area is 754 Å². The number of nitro benzene ring substituents is 1. The molecule has 9 rings (SSSR count). The summed E-state index contributed by atoms with van der Waals surface area (Å²) in [6.45, 7) is 95.9. The van der Waals surface area contributed by atoms with Gasteiger partial charge in [0.25, 0.3) is 5.69 Å². The second kappa shape index (κ2) is 65.1. The van der Waals surface area contributed by atoms with Crippen molar-refractivity contribution in [2.24, 2.45) is 110 Å². The zero-order valence-corrected chi connectivity index (χ0v) is 87.8. The van der Waals surface area contributed by atoms with Crippen molar-refractivity contribution < 1.29 is 26.9 Å². The van der Waals surface area contributed by atoms with E-state index in [1.807, 2.05) is 52.0 Å². The molecule has 0 spiro atoms. The molecule has 0 bridgehead atoms. The molecule has 0 aliphatic heterocycles. The Bertz CT molecular complexity index is 3190. The maximum Gasteiger partial charge on any atom is 0.416 e. The van der Waals surface area contributed by atoms with Gasteiger partial charge in [0.1, 0.15) is 11.6 Å². The van der Waals surface area contributed by atoms with Crippen LogP contribution in [0.15, 0.2) is 121 Å². The molecule has 4 fully saturated rings. The molecule has 0 aromatic heterocycles. The SMILES string of the molecule is CC(C)C.CC(C)C(C)(C)C.CC(C)C(C)(C)C1CC1.CC(C)C(C)C.CC(C)C(C)C1CC1.CC(C)C1CCCCC1.CC(C)CC(C)(C)C.CC(C)CC(C)C.CC(C)CC1(C)CC1.CC(C)c1cc(F)cc(F)c1.CC(C)c1ccc(C(F)(F)F)cc1.CC(C)c1ccc([N+](=O)[O-])cc1.CC(C)c1cccc(Cl)c1.CC(C)c1ccccc1. The second-order valence-electron chi connectivity index (χ2n) is 44.6. The summed E-state index contributed by atoms with van der Waals surface area (Å²) >= 11 is 5.79. The highest BCUT2D eigenvalue weighted by Gasteiger charge is 2.40. The Morgan fingerprint density at radius 1 is 0.421 bits per heavy atom. The van der Waals surface area contributed by atoms with Crippen molar-refractivity contribution in [1.82, 2.24) is 0 Å². The van der Waals surface area contributed by atoms with Crippen molar-refractivity contribution in [3.05, 3.63) is 181 Å². The number of non-ortho nitro benzene ring substituents is 1. The molecule has 0 heterocycles. The maximum absolute atomic E-state index is 12.5. The molecule has 704 valence electrons. The van der Waals surface area contributed by atoms with Crippen molar-refractivity contribution in [3.63, 3.8) is 0 Å². The van der Waals surface area contributed by atoms with E-state index in [2.05, 4.69) is 300 Å². The van der Waals surface area contributed by atoms with Crippen molar-refractivity contribution in [2.75, 3.05) is 0 Å². The van der Waals surface area contributed by atoms with Gasteiger partial charge in [-0.3, -0.25) is 10.1 Å². The van der Waals surface area contributed by atoms with Crippen LogP contribution in [0.3, 0.4) is 0 Å². The lowest BCUT2D eigenvalue weighted by molar-refractivity contribution is -0.384. The van der Waals surface area contributed by atoms with E-state index >= 15 is 0 Å². The van der Waals surface area contributed by atoms with Crippen molar-refractivity contribution in [2.45, 2.75) is 423 Å². The zero-order chi connectivity index (χ0) is 95.4. The van der Waals surface area contributed by atoms with Gasteiger partial charge in [-0.1, -0.05) is 408 Å². The molecule has 3 nitrogen and oxygen atoms in total. The minimum absolute atomic E-state index is 0.152. The normalized spacial score (nSPS) is 14.4. The fourth-order valence-corrected chi connectivity index (χ4v) is 12.7. The number of hydrogen-bond acceptors (Lipinski definition) is 2. The molecule has 5 aromatic rings. The average Bonchev–Trinajstić information content (AvgIpc) is 1.70. The first-order chi connectivity index (χ1) is 55.2. The van der Waals surface area contributed by atoms with Crippen LogP contribution >= 0.6 is 11.6 Å². The summed E-state index contributed by atoms with van der Waals surface area (Å²) in [5.41, 5.74) is 7.43. The molecule has 1 unspecified atom stereocenters. The minimum atomic E-state index is -4.23. The first kappa shape index (κ1) is 125. The highest BCUT2D eigenvalue weighted by atomic mass is 35.5. The molecule has 4 saturated carbocycles. The van der Waals surface area contributed by atoms with Gasteiger partial charge in [0.15, 0.2) is 0 Å². The molecule has 5 aromatic carbocycles. The predicted octanol–water partition coefficient (Wildman–Crippen LogP) is 40.1. The second-order valence-corrected chi connectivity index (χ2v) is 45.0. The lowest BCUT2D eigenvalue weighted by atomic mass is 9.77. The molecule has 0 radical (unpaired) electrons. The molecule has 1 atom stereocenters. The van der Waals surface area contributed by atoms with Crippen LogP contribution < -0.4 is 0 Å². The lowest BCUT2D eigenvalue weighted by Crippen LogP contribution is -2.21. The summed E-state index contributed by atoms with van der Waals surface area (Å²) in [4.78, 5) is 9.90. The van der Waals surface area contributed by atoms with Gasteiger partial charge in [-0.2, -0.15) is 13.2 Å². The minimum Gasteiger partial charge on any atom is -0.258 e. The van der Waals surface area contributed by atoms with Gasteiger partial charge in [-0.25, -0.2) is 8.78 Å². The number of nitrogens with zero attached hydrogens (tertiary/aromatic N) is 1. The fraction of sp³-hybridized carbons (Fsp3) is 0.732. The Kier molecular flexibility index (Phi) is 67.2. The topological polar surface area (TPSA) is 43.1 Å². The summed E-state index contributed by atoms with van der Waals surface area (Å²) in [5, 5.41) is 11.1. The van der Waals surface area contributed by atoms with Gasteiger partial charge in [-0.05, 0) is 262 Å². The van der Waals surface area contributed by atoms with Crippen LogP contribution in [-0.2, 0) is 6.18 Å². The Morgan fingerprint density at radius 3 is 0.992 bits per heavy atom. The molecule has 0 amide bonds. The van der Waals surface area contributed by atoms with Gasteiger partial charge in [0, 0.05) is 23.2 Å². The summed E-state index contributed by atoms with van der Waals surface area (Å²) in [6, 6.07) is 34.0. The van der Waals surface area contributed by atoms with Gasteiger partial charge < -0.3 is 0 Å². The first-order valence-corrected chi connectivity index (χ1v) is 48.2. The van der Waals surface area contributed by atoms with Crippen molar-refractivity contribution >= 4 is 17.3 Å². The molecule has 9 heteroatoms. The third kappa shape index (κ3) is 73.2.